The summed E-state index contributed by atoms with van der Waals surface area (Å²) in [7, 11) is 0. The smallest absolute Gasteiger partial charge is 0.104 e. The third-order valence-electron chi connectivity index (χ3n) is 4.47. The van der Waals surface area contributed by atoms with Crippen molar-refractivity contribution in [3.8, 4) is 11.8 Å². The standard InChI is InChI=1S/C19H23NOS2/c1-15-10-12-22-19(15)14-20(16-5-2-3-6-16)13-18-9-8-17(23-18)7-4-11-21/h8-10,12,16,21H,2-3,5-6,11,13-14H2,1H3. The molecular formula is C19H23NOS2. The van der Waals surface area contributed by atoms with Crippen LogP contribution in [0, 0.1) is 18.8 Å². The molecule has 1 aliphatic rings. The second-order valence-electron chi connectivity index (χ2n) is 6.10. The van der Waals surface area contributed by atoms with E-state index in [1.807, 2.05) is 11.3 Å². The van der Waals surface area contributed by atoms with Gasteiger partial charge in [-0.05, 0) is 48.9 Å². The minimum atomic E-state index is -0.0704. The topological polar surface area (TPSA) is 23.5 Å². The van der Waals surface area contributed by atoms with Crippen LogP contribution in [0.2, 0.25) is 0 Å². The van der Waals surface area contributed by atoms with Crippen molar-refractivity contribution in [3.63, 3.8) is 0 Å². The Bertz CT molecular complexity index is 686. The van der Waals surface area contributed by atoms with Gasteiger partial charge in [-0.2, -0.15) is 0 Å². The molecular weight excluding hydrogens is 322 g/mol. The molecule has 0 amide bonds. The van der Waals surface area contributed by atoms with Crippen molar-refractivity contribution in [2.45, 2.75) is 51.7 Å². The molecule has 0 radical (unpaired) electrons. The number of hydrogen-bond acceptors (Lipinski definition) is 4. The van der Waals surface area contributed by atoms with Crippen LogP contribution >= 0.6 is 22.7 Å². The van der Waals surface area contributed by atoms with Gasteiger partial charge >= 0.3 is 0 Å². The summed E-state index contributed by atoms with van der Waals surface area (Å²) in [5, 5.41) is 11.0. The molecule has 122 valence electrons. The van der Waals surface area contributed by atoms with E-state index in [9.17, 15) is 0 Å². The molecule has 23 heavy (non-hydrogen) atoms. The van der Waals surface area contributed by atoms with Crippen molar-refractivity contribution in [2.75, 3.05) is 6.61 Å². The molecule has 0 bridgehead atoms. The van der Waals surface area contributed by atoms with E-state index in [0.29, 0.717) is 6.04 Å². The number of nitrogens with zero attached hydrogens (tertiary/aromatic N) is 1. The normalized spacial score (nSPS) is 15.1. The lowest BCUT2D eigenvalue weighted by molar-refractivity contribution is 0.183. The summed E-state index contributed by atoms with van der Waals surface area (Å²) >= 11 is 3.63. The quantitative estimate of drug-likeness (QED) is 0.812. The fraction of sp³-hybridized carbons (Fsp3) is 0.474. The Kier molecular flexibility index (Phi) is 5.91. The van der Waals surface area contributed by atoms with Crippen molar-refractivity contribution in [1.29, 1.82) is 0 Å². The van der Waals surface area contributed by atoms with Crippen LogP contribution in [0.3, 0.4) is 0 Å². The Morgan fingerprint density at radius 2 is 2.04 bits per heavy atom. The predicted molar refractivity (Wildman–Crippen MR) is 98.8 cm³/mol. The van der Waals surface area contributed by atoms with Crippen LogP contribution in [-0.2, 0) is 13.1 Å². The number of aliphatic hydroxyl groups is 1. The van der Waals surface area contributed by atoms with Crippen molar-refractivity contribution < 1.29 is 5.11 Å². The summed E-state index contributed by atoms with van der Waals surface area (Å²) < 4.78 is 0. The maximum Gasteiger partial charge on any atom is 0.104 e. The van der Waals surface area contributed by atoms with E-state index in [-0.39, 0.29) is 6.61 Å². The van der Waals surface area contributed by atoms with Crippen LogP contribution in [0.15, 0.2) is 23.6 Å². The average Bonchev–Trinajstić information content (AvgIpc) is 3.28. The van der Waals surface area contributed by atoms with E-state index >= 15 is 0 Å². The molecule has 2 aromatic rings. The zero-order valence-electron chi connectivity index (χ0n) is 13.5. The average molecular weight is 346 g/mol. The van der Waals surface area contributed by atoms with Gasteiger partial charge in [0.25, 0.3) is 0 Å². The first kappa shape index (κ1) is 16.7. The van der Waals surface area contributed by atoms with Gasteiger partial charge in [0.2, 0.25) is 0 Å². The van der Waals surface area contributed by atoms with Gasteiger partial charge in [-0.1, -0.05) is 24.7 Å². The van der Waals surface area contributed by atoms with Gasteiger partial charge in [-0.3, -0.25) is 4.90 Å². The van der Waals surface area contributed by atoms with Gasteiger partial charge in [0.1, 0.15) is 6.61 Å². The molecule has 0 atom stereocenters. The maximum absolute atomic E-state index is 8.82. The molecule has 4 heteroatoms. The molecule has 0 saturated heterocycles. The highest BCUT2D eigenvalue weighted by atomic mass is 32.1. The van der Waals surface area contributed by atoms with Gasteiger partial charge in [-0.15, -0.1) is 22.7 Å². The molecule has 0 unspecified atom stereocenters. The first-order chi connectivity index (χ1) is 11.3. The molecule has 2 heterocycles. The summed E-state index contributed by atoms with van der Waals surface area (Å²) in [6.07, 6.45) is 5.38. The van der Waals surface area contributed by atoms with Gasteiger partial charge in [0.15, 0.2) is 0 Å². The molecule has 0 spiro atoms. The van der Waals surface area contributed by atoms with E-state index in [2.05, 4.69) is 47.2 Å². The minimum absolute atomic E-state index is 0.0704. The number of rotatable bonds is 5. The summed E-state index contributed by atoms with van der Waals surface area (Å²) in [5.74, 6) is 5.75. The first-order valence-corrected chi connectivity index (χ1v) is 9.91. The Balaban J connectivity index is 1.72. The summed E-state index contributed by atoms with van der Waals surface area (Å²) in [6, 6.07) is 7.20. The SMILES string of the molecule is Cc1ccsc1CN(Cc1ccc(C#CCO)s1)C1CCCC1. The zero-order valence-corrected chi connectivity index (χ0v) is 15.2. The van der Waals surface area contributed by atoms with Crippen molar-refractivity contribution in [2.24, 2.45) is 0 Å². The molecule has 0 aliphatic heterocycles. The molecule has 0 aromatic carbocycles. The highest BCUT2D eigenvalue weighted by molar-refractivity contribution is 7.12. The van der Waals surface area contributed by atoms with Crippen LogP contribution in [0.1, 0.15) is 45.9 Å². The molecule has 1 saturated carbocycles. The predicted octanol–water partition coefficient (Wildman–Crippen LogP) is 4.41. The number of thiophene rings is 2. The molecule has 1 fully saturated rings. The van der Waals surface area contributed by atoms with E-state index in [1.54, 1.807) is 11.3 Å². The lowest BCUT2D eigenvalue weighted by atomic mass is 10.2. The molecule has 1 N–H and O–H groups in total. The second-order valence-corrected chi connectivity index (χ2v) is 8.26. The molecule has 2 nitrogen and oxygen atoms in total. The monoisotopic (exact) mass is 345 g/mol. The lowest BCUT2D eigenvalue weighted by Crippen LogP contribution is -2.31. The van der Waals surface area contributed by atoms with E-state index < -0.39 is 0 Å². The van der Waals surface area contributed by atoms with E-state index in [1.165, 1.54) is 41.0 Å². The first-order valence-electron chi connectivity index (χ1n) is 8.21. The second kappa shape index (κ2) is 8.12. The number of aryl methyl sites for hydroxylation is 1. The number of aliphatic hydroxyl groups excluding tert-OH is 1. The highest BCUT2D eigenvalue weighted by Crippen LogP contribution is 2.29. The fourth-order valence-electron chi connectivity index (χ4n) is 3.19. The van der Waals surface area contributed by atoms with E-state index in [4.69, 9.17) is 5.11 Å². The molecule has 1 aliphatic carbocycles. The third-order valence-corrected chi connectivity index (χ3v) is 6.46. The van der Waals surface area contributed by atoms with Crippen LogP contribution in [0.5, 0.6) is 0 Å². The molecule has 2 aromatic heterocycles. The third kappa shape index (κ3) is 4.45. The van der Waals surface area contributed by atoms with Gasteiger partial charge < -0.3 is 5.11 Å². The largest absolute Gasteiger partial charge is 0.384 e. The minimum Gasteiger partial charge on any atom is -0.384 e. The Morgan fingerprint density at radius 3 is 2.74 bits per heavy atom. The summed E-state index contributed by atoms with van der Waals surface area (Å²) in [4.78, 5) is 6.57. The van der Waals surface area contributed by atoms with Crippen LogP contribution in [0.4, 0.5) is 0 Å². The van der Waals surface area contributed by atoms with Crippen molar-refractivity contribution in [3.05, 3.63) is 43.8 Å². The van der Waals surface area contributed by atoms with Crippen LogP contribution in [0.25, 0.3) is 0 Å². The Hall–Kier alpha value is -1.12. The zero-order chi connectivity index (χ0) is 16.1. The maximum atomic E-state index is 8.82. The lowest BCUT2D eigenvalue weighted by Gasteiger charge is -2.28. The van der Waals surface area contributed by atoms with Crippen LogP contribution < -0.4 is 0 Å². The Morgan fingerprint density at radius 1 is 1.22 bits per heavy atom. The van der Waals surface area contributed by atoms with Gasteiger partial charge in [-0.25, -0.2) is 0 Å². The van der Waals surface area contributed by atoms with Gasteiger partial charge in [0, 0.05) is 28.9 Å². The number of hydrogen-bond donors (Lipinski definition) is 1. The fourth-order valence-corrected chi connectivity index (χ4v) is 5.03. The Labute approximate surface area is 146 Å². The summed E-state index contributed by atoms with van der Waals surface area (Å²) in [5.41, 5.74) is 1.42. The van der Waals surface area contributed by atoms with Crippen LogP contribution in [-0.4, -0.2) is 22.7 Å². The summed E-state index contributed by atoms with van der Waals surface area (Å²) in [6.45, 7) is 4.21. The van der Waals surface area contributed by atoms with Crippen molar-refractivity contribution in [1.82, 2.24) is 4.90 Å². The van der Waals surface area contributed by atoms with E-state index in [0.717, 1.165) is 18.0 Å². The molecule has 3 rings (SSSR count). The van der Waals surface area contributed by atoms with Crippen molar-refractivity contribution >= 4 is 22.7 Å². The highest BCUT2D eigenvalue weighted by Gasteiger charge is 2.24. The van der Waals surface area contributed by atoms with Gasteiger partial charge in [0.05, 0.1) is 4.88 Å².